The molecule has 2 rings (SSSR count). The predicted octanol–water partition coefficient (Wildman–Crippen LogP) is 1.76. The van der Waals surface area contributed by atoms with E-state index in [4.69, 9.17) is 5.26 Å². The molecule has 0 fully saturated rings. The Labute approximate surface area is 99.9 Å². The highest BCUT2D eigenvalue weighted by Gasteiger charge is 2.14. The number of carbonyl (C=O) groups is 1. The second-order valence-electron chi connectivity index (χ2n) is 3.94. The van der Waals surface area contributed by atoms with Crippen molar-refractivity contribution in [3.8, 4) is 6.07 Å². The molecule has 0 aromatic heterocycles. The number of rotatable bonds is 2. The van der Waals surface area contributed by atoms with E-state index in [9.17, 15) is 4.79 Å². The van der Waals surface area contributed by atoms with Crippen LogP contribution in [0.1, 0.15) is 30.4 Å². The summed E-state index contributed by atoms with van der Waals surface area (Å²) in [6, 6.07) is 9.87. The maximum Gasteiger partial charge on any atom is 0.254 e. The molecule has 0 spiro atoms. The number of hydrazone groups is 1. The third-order valence-electron chi connectivity index (χ3n) is 2.74. The van der Waals surface area contributed by atoms with E-state index in [2.05, 4.69) is 16.6 Å². The molecule has 0 heterocycles. The fourth-order valence-electron chi connectivity index (χ4n) is 1.96. The number of carbonyl (C=O) groups excluding carboxylic acids is 1. The van der Waals surface area contributed by atoms with Gasteiger partial charge in [0, 0.05) is 5.56 Å². The summed E-state index contributed by atoms with van der Waals surface area (Å²) in [4.78, 5) is 11.2. The zero-order valence-corrected chi connectivity index (χ0v) is 9.44. The standard InChI is InChI=1S/C13H13N3O/c14-9-8-13(17)16-15-12-7-3-5-10-4-1-2-6-11(10)12/h1-2,4,6H,3,5,7-8H2,(H,16,17). The Balaban J connectivity index is 2.16. The summed E-state index contributed by atoms with van der Waals surface area (Å²) in [6.45, 7) is 0. The Morgan fingerprint density at radius 2 is 2.24 bits per heavy atom. The van der Waals surface area contributed by atoms with Crippen molar-refractivity contribution in [1.29, 1.82) is 5.26 Å². The van der Waals surface area contributed by atoms with Crippen molar-refractivity contribution in [2.75, 3.05) is 0 Å². The summed E-state index contributed by atoms with van der Waals surface area (Å²) < 4.78 is 0. The van der Waals surface area contributed by atoms with Crippen LogP contribution in [0.25, 0.3) is 0 Å². The number of fused-ring (bicyclic) bond motifs is 1. The molecule has 1 amide bonds. The van der Waals surface area contributed by atoms with Gasteiger partial charge in [-0.3, -0.25) is 4.79 Å². The van der Waals surface area contributed by atoms with Crippen molar-refractivity contribution in [3.05, 3.63) is 35.4 Å². The van der Waals surface area contributed by atoms with Gasteiger partial charge in [0.15, 0.2) is 0 Å². The second kappa shape index (κ2) is 5.26. The topological polar surface area (TPSA) is 65.2 Å². The average molecular weight is 227 g/mol. The predicted molar refractivity (Wildman–Crippen MR) is 64.3 cm³/mol. The van der Waals surface area contributed by atoms with Crippen molar-refractivity contribution in [1.82, 2.24) is 5.43 Å². The molecule has 1 aromatic rings. The first-order valence-corrected chi connectivity index (χ1v) is 5.62. The lowest BCUT2D eigenvalue weighted by Crippen LogP contribution is -2.21. The molecular formula is C13H13N3O. The highest BCUT2D eigenvalue weighted by molar-refractivity contribution is 6.03. The highest BCUT2D eigenvalue weighted by atomic mass is 16.2. The number of nitrogens with one attached hydrogen (secondary N) is 1. The fourth-order valence-corrected chi connectivity index (χ4v) is 1.96. The summed E-state index contributed by atoms with van der Waals surface area (Å²) in [5.41, 5.74) is 5.70. The number of hydrogen-bond acceptors (Lipinski definition) is 3. The Morgan fingerprint density at radius 1 is 1.41 bits per heavy atom. The van der Waals surface area contributed by atoms with Crippen LogP contribution in [0, 0.1) is 11.3 Å². The number of hydrogen-bond donors (Lipinski definition) is 1. The van der Waals surface area contributed by atoms with Crippen molar-refractivity contribution in [2.45, 2.75) is 25.7 Å². The Bertz CT molecular complexity index is 500. The molecule has 0 unspecified atom stereocenters. The lowest BCUT2D eigenvalue weighted by Gasteiger charge is -2.17. The van der Waals surface area contributed by atoms with Gasteiger partial charge in [-0.2, -0.15) is 10.4 Å². The zero-order chi connectivity index (χ0) is 12.1. The highest BCUT2D eigenvalue weighted by Crippen LogP contribution is 2.20. The minimum absolute atomic E-state index is 0.154. The van der Waals surface area contributed by atoms with Gasteiger partial charge in [0.05, 0.1) is 11.8 Å². The van der Waals surface area contributed by atoms with E-state index < -0.39 is 0 Å². The third kappa shape index (κ3) is 2.70. The van der Waals surface area contributed by atoms with E-state index in [1.165, 1.54) is 5.56 Å². The monoisotopic (exact) mass is 227 g/mol. The van der Waals surface area contributed by atoms with Crippen LogP contribution in [-0.4, -0.2) is 11.6 Å². The molecule has 1 aliphatic rings. The van der Waals surface area contributed by atoms with Crippen LogP contribution in [0.2, 0.25) is 0 Å². The van der Waals surface area contributed by atoms with Crippen LogP contribution < -0.4 is 5.43 Å². The lowest BCUT2D eigenvalue weighted by atomic mass is 9.90. The van der Waals surface area contributed by atoms with Gasteiger partial charge in [-0.05, 0) is 24.8 Å². The maximum atomic E-state index is 11.2. The van der Waals surface area contributed by atoms with E-state index in [0.29, 0.717) is 0 Å². The largest absolute Gasteiger partial charge is 0.272 e. The summed E-state index contributed by atoms with van der Waals surface area (Å²) >= 11 is 0. The summed E-state index contributed by atoms with van der Waals surface area (Å²) in [7, 11) is 0. The number of nitriles is 1. The number of nitrogens with zero attached hydrogens (tertiary/aromatic N) is 2. The normalized spacial score (nSPS) is 16.1. The first-order valence-electron chi connectivity index (χ1n) is 5.62. The maximum absolute atomic E-state index is 11.2. The van der Waals surface area contributed by atoms with Crippen LogP contribution in [0.4, 0.5) is 0 Å². The molecule has 17 heavy (non-hydrogen) atoms. The van der Waals surface area contributed by atoms with Gasteiger partial charge in [0.25, 0.3) is 5.91 Å². The SMILES string of the molecule is N#CCC(=O)NN=C1CCCc2ccccc21. The van der Waals surface area contributed by atoms with E-state index in [0.717, 1.165) is 30.5 Å². The van der Waals surface area contributed by atoms with Crippen LogP contribution in [0.5, 0.6) is 0 Å². The average Bonchev–Trinajstić information content (AvgIpc) is 2.36. The number of benzene rings is 1. The number of aryl methyl sites for hydroxylation is 1. The van der Waals surface area contributed by atoms with E-state index in [1.807, 2.05) is 18.2 Å². The molecule has 86 valence electrons. The van der Waals surface area contributed by atoms with Gasteiger partial charge in [0.1, 0.15) is 6.42 Å². The van der Waals surface area contributed by atoms with Crippen molar-refractivity contribution >= 4 is 11.6 Å². The number of amides is 1. The Kier molecular flexibility index (Phi) is 3.51. The van der Waals surface area contributed by atoms with Gasteiger partial charge < -0.3 is 0 Å². The molecule has 1 aromatic carbocycles. The van der Waals surface area contributed by atoms with Crippen molar-refractivity contribution < 1.29 is 4.79 Å². The van der Waals surface area contributed by atoms with Crippen LogP contribution in [-0.2, 0) is 11.2 Å². The third-order valence-corrected chi connectivity index (χ3v) is 2.74. The van der Waals surface area contributed by atoms with Gasteiger partial charge >= 0.3 is 0 Å². The van der Waals surface area contributed by atoms with Gasteiger partial charge in [-0.25, -0.2) is 5.43 Å². The quantitative estimate of drug-likeness (QED) is 0.782. The second-order valence-corrected chi connectivity index (χ2v) is 3.94. The Morgan fingerprint density at radius 3 is 3.06 bits per heavy atom. The molecule has 0 saturated carbocycles. The van der Waals surface area contributed by atoms with Gasteiger partial charge in [-0.1, -0.05) is 24.3 Å². The molecular weight excluding hydrogens is 214 g/mol. The zero-order valence-electron chi connectivity index (χ0n) is 9.44. The van der Waals surface area contributed by atoms with Crippen LogP contribution in [0.15, 0.2) is 29.4 Å². The minimum atomic E-state index is -0.358. The molecule has 1 N–H and O–H groups in total. The summed E-state index contributed by atoms with van der Waals surface area (Å²) in [6.07, 6.45) is 2.81. The molecule has 0 radical (unpaired) electrons. The molecule has 0 bridgehead atoms. The van der Waals surface area contributed by atoms with Crippen molar-refractivity contribution in [3.63, 3.8) is 0 Å². The fraction of sp³-hybridized carbons (Fsp3) is 0.308. The first-order chi connectivity index (χ1) is 8.31. The smallest absolute Gasteiger partial charge is 0.254 e. The molecule has 1 aliphatic carbocycles. The summed E-state index contributed by atoms with van der Waals surface area (Å²) in [5.74, 6) is -0.358. The van der Waals surface area contributed by atoms with Crippen molar-refractivity contribution in [2.24, 2.45) is 5.10 Å². The van der Waals surface area contributed by atoms with Gasteiger partial charge in [0.2, 0.25) is 0 Å². The molecule has 0 saturated heterocycles. The minimum Gasteiger partial charge on any atom is -0.272 e. The summed E-state index contributed by atoms with van der Waals surface area (Å²) in [5, 5.41) is 12.5. The van der Waals surface area contributed by atoms with Gasteiger partial charge in [-0.15, -0.1) is 0 Å². The molecule has 4 heteroatoms. The van der Waals surface area contributed by atoms with E-state index in [-0.39, 0.29) is 12.3 Å². The van der Waals surface area contributed by atoms with Crippen LogP contribution >= 0.6 is 0 Å². The van der Waals surface area contributed by atoms with Crippen LogP contribution in [0.3, 0.4) is 0 Å². The van der Waals surface area contributed by atoms with E-state index >= 15 is 0 Å². The molecule has 0 aliphatic heterocycles. The lowest BCUT2D eigenvalue weighted by molar-refractivity contribution is -0.120. The molecule has 4 nitrogen and oxygen atoms in total. The van der Waals surface area contributed by atoms with E-state index in [1.54, 1.807) is 6.07 Å². The molecule has 0 atom stereocenters. The first kappa shape index (κ1) is 11.3. The Hall–Kier alpha value is -2.15.